The summed E-state index contributed by atoms with van der Waals surface area (Å²) in [6, 6.07) is 88.9. The number of nitrogens with one attached hydrogen (secondary N) is 1. The molecule has 0 saturated carbocycles. The van der Waals surface area contributed by atoms with Crippen LogP contribution in [0.1, 0.15) is 17.4 Å². The fourth-order valence-electron chi connectivity index (χ4n) is 10.2. The average molecular weight is 870 g/mol. The second-order valence-corrected chi connectivity index (χ2v) is 17.4. The molecule has 0 bridgehead atoms. The van der Waals surface area contributed by atoms with Crippen LogP contribution in [0.25, 0.3) is 93.8 Å². The van der Waals surface area contributed by atoms with Crippen molar-refractivity contribution in [3.8, 4) is 50.2 Å². The van der Waals surface area contributed by atoms with Gasteiger partial charge in [-0.05, 0) is 75.3 Å². The molecular weight excluding hydrogens is 827 g/mol. The summed E-state index contributed by atoms with van der Waals surface area (Å²) < 4.78 is 4.87. The number of nitrogens with zero attached hydrogens (tertiary/aromatic N) is 4. The molecule has 320 valence electrons. The number of hydrogen-bond acceptors (Lipinski definition) is 3. The first kappa shape index (κ1) is 39.3. The lowest BCUT2D eigenvalue weighted by molar-refractivity contribution is 0.516. The van der Waals surface area contributed by atoms with Crippen LogP contribution in [0.15, 0.2) is 259 Å². The maximum Gasteiger partial charge on any atom is 0.204 e. The van der Waals surface area contributed by atoms with E-state index in [9.17, 15) is 0 Å². The largest absolute Gasteiger partial charge is 0.331 e. The van der Waals surface area contributed by atoms with Crippen LogP contribution in [0.3, 0.4) is 0 Å². The van der Waals surface area contributed by atoms with Crippen molar-refractivity contribution in [2.45, 2.75) is 6.29 Å². The first-order valence-electron chi connectivity index (χ1n) is 23.2. The Morgan fingerprint density at radius 3 is 1.56 bits per heavy atom. The summed E-state index contributed by atoms with van der Waals surface area (Å²) >= 11 is 0. The van der Waals surface area contributed by atoms with Gasteiger partial charge in [0.15, 0.2) is 5.84 Å². The van der Waals surface area contributed by atoms with Crippen molar-refractivity contribution < 1.29 is 0 Å². The van der Waals surface area contributed by atoms with Crippen LogP contribution in [0.2, 0.25) is 0 Å². The highest BCUT2D eigenvalue weighted by Crippen LogP contribution is 2.44. The second kappa shape index (κ2) is 16.4. The van der Waals surface area contributed by atoms with Gasteiger partial charge in [0.2, 0.25) is 6.29 Å². The second-order valence-electron chi connectivity index (χ2n) is 17.4. The van der Waals surface area contributed by atoms with E-state index in [0.29, 0.717) is 5.84 Å². The number of amidine groups is 2. The van der Waals surface area contributed by atoms with E-state index in [4.69, 9.17) is 9.98 Å². The Morgan fingerprint density at radius 1 is 0.353 bits per heavy atom. The molecule has 1 aliphatic rings. The highest BCUT2D eigenvalue weighted by Gasteiger charge is 2.28. The number of aliphatic imine (C=N–C) groups is 2. The van der Waals surface area contributed by atoms with E-state index in [2.05, 4.69) is 263 Å². The SMILES string of the molecule is c1ccc(-c2ccc(C3=NC(n4c5ccccc5c5c6c(ccc54)c4ccccc4n6-c4ccc(-c5ccccc5)cc4-c4ccccc4)NC(c4cccc(-c5ccccc5)c4)=N3)cc2)cc1. The molecule has 5 heteroatoms. The summed E-state index contributed by atoms with van der Waals surface area (Å²) in [5, 5.41) is 8.58. The van der Waals surface area contributed by atoms with Crippen LogP contribution in [0, 0.1) is 0 Å². The van der Waals surface area contributed by atoms with Crippen molar-refractivity contribution in [3.63, 3.8) is 0 Å². The third-order valence-electron chi connectivity index (χ3n) is 13.4. The molecule has 2 aromatic heterocycles. The number of para-hydroxylation sites is 2. The van der Waals surface area contributed by atoms with Gasteiger partial charge < -0.3 is 14.5 Å². The highest BCUT2D eigenvalue weighted by atomic mass is 15.3. The predicted octanol–water partition coefficient (Wildman–Crippen LogP) is 15.5. The van der Waals surface area contributed by atoms with E-state index in [0.717, 1.165) is 77.9 Å². The first-order chi connectivity index (χ1) is 33.7. The molecule has 1 aliphatic heterocycles. The van der Waals surface area contributed by atoms with Crippen molar-refractivity contribution >= 4 is 55.3 Å². The number of rotatable bonds is 8. The molecule has 10 aromatic carbocycles. The van der Waals surface area contributed by atoms with Crippen LogP contribution in [0.4, 0.5) is 0 Å². The van der Waals surface area contributed by atoms with Gasteiger partial charge in [-0.1, -0.05) is 212 Å². The summed E-state index contributed by atoms with van der Waals surface area (Å²) in [7, 11) is 0. The minimum absolute atomic E-state index is 0.533. The first-order valence-corrected chi connectivity index (χ1v) is 23.2. The normalized spacial score (nSPS) is 13.7. The van der Waals surface area contributed by atoms with Crippen LogP contribution < -0.4 is 5.32 Å². The molecule has 3 heterocycles. The van der Waals surface area contributed by atoms with Crippen LogP contribution in [0.5, 0.6) is 0 Å². The van der Waals surface area contributed by atoms with Gasteiger partial charge in [0, 0.05) is 38.2 Å². The Morgan fingerprint density at radius 2 is 0.868 bits per heavy atom. The van der Waals surface area contributed by atoms with Crippen molar-refractivity contribution in [2.75, 3.05) is 0 Å². The zero-order chi connectivity index (χ0) is 45.0. The molecule has 1 unspecified atom stereocenters. The van der Waals surface area contributed by atoms with Gasteiger partial charge in [-0.15, -0.1) is 0 Å². The van der Waals surface area contributed by atoms with Crippen molar-refractivity contribution in [1.29, 1.82) is 0 Å². The monoisotopic (exact) mass is 869 g/mol. The molecule has 68 heavy (non-hydrogen) atoms. The van der Waals surface area contributed by atoms with Crippen molar-refractivity contribution in [3.05, 3.63) is 260 Å². The van der Waals surface area contributed by atoms with Gasteiger partial charge >= 0.3 is 0 Å². The van der Waals surface area contributed by atoms with Crippen LogP contribution in [-0.2, 0) is 0 Å². The maximum atomic E-state index is 5.52. The molecule has 1 N–H and O–H groups in total. The standard InChI is InChI=1S/C63H43N5/c1-5-18-42(19-6-1)45-32-34-47(35-33-45)61-64-62(50-27-17-26-48(40-50)43-20-7-2-8-21-43)66-63(65-61)68-56-31-16-14-29-53(56)59-58(68)39-37-52-51-28-13-15-30-55(51)67(60(52)59)57-38-36-49(44-22-9-3-10-23-44)41-54(57)46-24-11-4-12-25-46/h1-41,63H,(H,64,65,66). The summed E-state index contributed by atoms with van der Waals surface area (Å²) in [6.07, 6.45) is -0.533. The summed E-state index contributed by atoms with van der Waals surface area (Å²) in [5.41, 5.74) is 16.8. The molecule has 1 atom stereocenters. The number of hydrogen-bond donors (Lipinski definition) is 1. The Labute approximate surface area is 394 Å². The average Bonchev–Trinajstić information content (AvgIpc) is 3.95. The fourth-order valence-corrected chi connectivity index (χ4v) is 10.2. The molecule has 0 saturated heterocycles. The summed E-state index contributed by atoms with van der Waals surface area (Å²) in [6.45, 7) is 0. The molecule has 0 aliphatic carbocycles. The van der Waals surface area contributed by atoms with Gasteiger partial charge in [0.05, 0.1) is 27.8 Å². The number of benzene rings is 10. The Hall–Kier alpha value is -9.06. The molecule has 0 amide bonds. The molecule has 12 aromatic rings. The van der Waals surface area contributed by atoms with E-state index in [1.54, 1.807) is 0 Å². The van der Waals surface area contributed by atoms with E-state index >= 15 is 0 Å². The van der Waals surface area contributed by atoms with Gasteiger partial charge in [-0.3, -0.25) is 0 Å². The predicted molar refractivity (Wildman–Crippen MR) is 284 cm³/mol. The summed E-state index contributed by atoms with van der Waals surface area (Å²) in [5.74, 6) is 1.43. The topological polar surface area (TPSA) is 46.6 Å². The minimum atomic E-state index is -0.533. The zero-order valence-corrected chi connectivity index (χ0v) is 37.0. The van der Waals surface area contributed by atoms with Crippen LogP contribution >= 0.6 is 0 Å². The Kier molecular flexibility index (Phi) is 9.50. The van der Waals surface area contributed by atoms with Crippen LogP contribution in [-0.4, -0.2) is 20.8 Å². The lowest BCUT2D eigenvalue weighted by Gasteiger charge is -2.26. The number of fused-ring (bicyclic) bond motifs is 7. The number of aromatic nitrogens is 2. The van der Waals surface area contributed by atoms with Crippen molar-refractivity contribution in [2.24, 2.45) is 9.98 Å². The Balaban J connectivity index is 1.04. The smallest absolute Gasteiger partial charge is 0.204 e. The molecule has 5 nitrogen and oxygen atoms in total. The van der Waals surface area contributed by atoms with Gasteiger partial charge in [-0.25, -0.2) is 9.98 Å². The Bertz CT molecular complexity index is 3900. The fraction of sp³-hybridized carbons (Fsp3) is 0.0159. The third kappa shape index (κ3) is 6.71. The zero-order valence-electron chi connectivity index (χ0n) is 37.0. The lowest BCUT2D eigenvalue weighted by Crippen LogP contribution is -2.36. The van der Waals surface area contributed by atoms with Gasteiger partial charge in [0.25, 0.3) is 0 Å². The summed E-state index contributed by atoms with van der Waals surface area (Å²) in [4.78, 5) is 10.8. The lowest BCUT2D eigenvalue weighted by atomic mass is 9.97. The van der Waals surface area contributed by atoms with E-state index < -0.39 is 6.29 Å². The van der Waals surface area contributed by atoms with Gasteiger partial charge in [-0.2, -0.15) is 0 Å². The van der Waals surface area contributed by atoms with Gasteiger partial charge in [0.1, 0.15) is 5.84 Å². The van der Waals surface area contributed by atoms with E-state index in [-0.39, 0.29) is 0 Å². The third-order valence-corrected chi connectivity index (χ3v) is 13.4. The minimum Gasteiger partial charge on any atom is -0.331 e. The highest BCUT2D eigenvalue weighted by molar-refractivity contribution is 6.26. The quantitative estimate of drug-likeness (QED) is 0.162. The van der Waals surface area contributed by atoms with Crippen molar-refractivity contribution in [1.82, 2.24) is 14.5 Å². The molecule has 0 spiro atoms. The molecule has 0 fully saturated rings. The molecule has 13 rings (SSSR count). The van der Waals surface area contributed by atoms with E-state index in [1.165, 1.54) is 32.8 Å². The molecular formula is C63H43N5. The van der Waals surface area contributed by atoms with E-state index in [1.807, 2.05) is 0 Å². The molecule has 0 radical (unpaired) electrons. The maximum absolute atomic E-state index is 5.52.